The third kappa shape index (κ3) is 5.18. The summed E-state index contributed by atoms with van der Waals surface area (Å²) in [5.41, 5.74) is 1.83. The van der Waals surface area contributed by atoms with Crippen molar-refractivity contribution in [2.24, 2.45) is 11.8 Å². The van der Waals surface area contributed by atoms with Gasteiger partial charge in [-0.25, -0.2) is 0 Å². The molecule has 1 fully saturated rings. The maximum Gasteiger partial charge on any atom is 0.390 e. The van der Waals surface area contributed by atoms with E-state index in [9.17, 15) is 27.9 Å². The molecule has 4 heterocycles. The van der Waals surface area contributed by atoms with Crippen LogP contribution in [0.25, 0.3) is 6.08 Å². The lowest BCUT2D eigenvalue weighted by Crippen LogP contribution is -2.49. The third-order valence-electron chi connectivity index (χ3n) is 6.95. The van der Waals surface area contributed by atoms with E-state index >= 15 is 0 Å². The zero-order chi connectivity index (χ0) is 25.2. The number of carbonyl (C=O) groups is 1. The van der Waals surface area contributed by atoms with Crippen LogP contribution in [0.3, 0.4) is 0 Å². The number of fused-ring (bicyclic) bond motifs is 3. The third-order valence-corrected chi connectivity index (χ3v) is 6.95. The molecule has 188 valence electrons. The average molecular weight is 491 g/mol. The maximum absolute atomic E-state index is 13.3. The summed E-state index contributed by atoms with van der Waals surface area (Å²) >= 11 is 0. The summed E-state index contributed by atoms with van der Waals surface area (Å²) in [6.45, 7) is 1.59. The van der Waals surface area contributed by atoms with E-state index in [4.69, 9.17) is 0 Å². The SMILES string of the molecule is C/C=C/c1ccc2n(c1=O)C[C@H]1[C@H](CO)[C@@H](C(=O)NCCc3ccncc3)N(CCC(F)(F)F)[C@@H]21. The molecule has 0 aromatic carbocycles. The summed E-state index contributed by atoms with van der Waals surface area (Å²) in [5.74, 6) is -1.36. The van der Waals surface area contributed by atoms with Crippen molar-refractivity contribution in [1.29, 1.82) is 0 Å². The molecule has 0 aliphatic carbocycles. The first kappa shape index (κ1) is 25.1. The summed E-state index contributed by atoms with van der Waals surface area (Å²) in [6.07, 6.45) is 1.80. The number of hydrogen-bond donors (Lipinski definition) is 2. The highest BCUT2D eigenvalue weighted by Gasteiger charge is 2.55. The van der Waals surface area contributed by atoms with Crippen LogP contribution in [0.15, 0.2) is 47.5 Å². The van der Waals surface area contributed by atoms with Gasteiger partial charge >= 0.3 is 6.18 Å². The number of hydrogen-bond acceptors (Lipinski definition) is 5. The molecule has 10 heteroatoms. The molecule has 2 aliphatic rings. The first-order valence-corrected chi connectivity index (χ1v) is 11.7. The Bertz CT molecular complexity index is 1130. The molecule has 2 aromatic rings. The number of aliphatic hydroxyl groups excluding tert-OH is 1. The van der Waals surface area contributed by atoms with Gasteiger partial charge in [0.05, 0.1) is 18.5 Å². The van der Waals surface area contributed by atoms with Crippen LogP contribution in [-0.4, -0.2) is 57.4 Å². The van der Waals surface area contributed by atoms with Crippen molar-refractivity contribution in [2.45, 2.75) is 44.6 Å². The Balaban J connectivity index is 1.61. The lowest BCUT2D eigenvalue weighted by atomic mass is 9.88. The summed E-state index contributed by atoms with van der Waals surface area (Å²) < 4.78 is 41.2. The number of nitrogens with zero attached hydrogens (tertiary/aromatic N) is 3. The normalized spacial score (nSPS) is 24.0. The molecule has 7 nitrogen and oxygen atoms in total. The van der Waals surface area contributed by atoms with E-state index in [0.29, 0.717) is 24.2 Å². The largest absolute Gasteiger partial charge is 0.396 e. The highest BCUT2D eigenvalue weighted by atomic mass is 19.4. The standard InChI is InChI=1S/C25H29F3N4O3/c1-2-3-17-4-5-20-21-18(14-32(20)24(17)35)19(15-33)22(31(21)13-9-25(26,27)28)23(34)30-12-8-16-6-10-29-11-7-16/h2-7,10-11,18-19,21-22,33H,8-9,12-15H2,1H3,(H,30,34)/b3-2+/t18-,19-,21+,22-/m0/s1. The predicted octanol–water partition coefficient (Wildman–Crippen LogP) is 2.55. The monoisotopic (exact) mass is 490 g/mol. The van der Waals surface area contributed by atoms with Crippen LogP contribution >= 0.6 is 0 Å². The van der Waals surface area contributed by atoms with Gasteiger partial charge in [-0.1, -0.05) is 12.2 Å². The Kier molecular flexibility index (Phi) is 7.42. The molecular weight excluding hydrogens is 461 g/mol. The highest BCUT2D eigenvalue weighted by molar-refractivity contribution is 5.82. The first-order valence-electron chi connectivity index (χ1n) is 11.7. The number of aromatic nitrogens is 2. The molecule has 0 bridgehead atoms. The van der Waals surface area contributed by atoms with Gasteiger partial charge in [0.1, 0.15) is 0 Å². The van der Waals surface area contributed by atoms with Crippen LogP contribution in [0, 0.1) is 11.8 Å². The molecule has 2 aliphatic heterocycles. The van der Waals surface area contributed by atoms with Gasteiger partial charge in [-0.15, -0.1) is 0 Å². The second kappa shape index (κ2) is 10.3. The Hall–Kier alpha value is -2.98. The van der Waals surface area contributed by atoms with Gasteiger partial charge in [0.2, 0.25) is 5.91 Å². The summed E-state index contributed by atoms with van der Waals surface area (Å²) in [7, 11) is 0. The molecule has 4 atom stereocenters. The molecule has 4 rings (SSSR count). The second-order valence-electron chi connectivity index (χ2n) is 9.03. The lowest BCUT2D eigenvalue weighted by molar-refractivity contribution is -0.143. The quantitative estimate of drug-likeness (QED) is 0.594. The first-order chi connectivity index (χ1) is 16.7. The Morgan fingerprint density at radius 2 is 2.00 bits per heavy atom. The minimum absolute atomic E-state index is 0.221. The highest BCUT2D eigenvalue weighted by Crippen LogP contribution is 2.49. The fraction of sp³-hybridized carbons (Fsp3) is 0.480. The maximum atomic E-state index is 13.3. The van der Waals surface area contributed by atoms with Crippen molar-refractivity contribution in [3.8, 4) is 0 Å². The average Bonchev–Trinajstić information content (AvgIpc) is 3.34. The number of aliphatic hydroxyl groups is 1. The molecule has 1 amide bonds. The van der Waals surface area contributed by atoms with Gasteiger partial charge in [-0.3, -0.25) is 19.5 Å². The number of rotatable bonds is 8. The summed E-state index contributed by atoms with van der Waals surface area (Å²) in [4.78, 5) is 31.7. The molecule has 2 aromatic heterocycles. The van der Waals surface area contributed by atoms with Crippen molar-refractivity contribution in [3.63, 3.8) is 0 Å². The van der Waals surface area contributed by atoms with Crippen molar-refractivity contribution >= 4 is 12.0 Å². The Labute approximate surface area is 201 Å². The molecule has 0 radical (unpaired) electrons. The number of pyridine rings is 2. The van der Waals surface area contributed by atoms with Crippen LogP contribution < -0.4 is 10.9 Å². The van der Waals surface area contributed by atoms with E-state index in [1.54, 1.807) is 48.2 Å². The van der Waals surface area contributed by atoms with Gasteiger partial charge in [0, 0.05) is 61.7 Å². The van der Waals surface area contributed by atoms with E-state index in [0.717, 1.165) is 5.56 Å². The van der Waals surface area contributed by atoms with Crippen molar-refractivity contribution in [1.82, 2.24) is 19.8 Å². The number of likely N-dealkylation sites (tertiary alicyclic amines) is 1. The van der Waals surface area contributed by atoms with Gasteiger partial charge in [-0.2, -0.15) is 13.2 Å². The molecule has 0 unspecified atom stereocenters. The zero-order valence-corrected chi connectivity index (χ0v) is 19.4. The van der Waals surface area contributed by atoms with Crippen molar-refractivity contribution in [3.05, 3.63) is 69.9 Å². The van der Waals surface area contributed by atoms with Crippen molar-refractivity contribution < 1.29 is 23.1 Å². The molecule has 0 saturated carbocycles. The van der Waals surface area contributed by atoms with Gasteiger partial charge in [-0.05, 0) is 43.2 Å². The van der Waals surface area contributed by atoms with Crippen molar-refractivity contribution in [2.75, 3.05) is 19.7 Å². The molecular formula is C25H29F3N4O3. The molecule has 35 heavy (non-hydrogen) atoms. The van der Waals surface area contributed by atoms with E-state index in [1.165, 1.54) is 4.90 Å². The Morgan fingerprint density at radius 3 is 2.66 bits per heavy atom. The number of allylic oxidation sites excluding steroid dienone is 1. The number of halogens is 3. The predicted molar refractivity (Wildman–Crippen MR) is 124 cm³/mol. The summed E-state index contributed by atoms with van der Waals surface area (Å²) in [5, 5.41) is 13.1. The minimum atomic E-state index is -4.40. The number of alkyl halides is 3. The Morgan fingerprint density at radius 1 is 1.26 bits per heavy atom. The van der Waals surface area contributed by atoms with E-state index in [-0.39, 0.29) is 24.6 Å². The molecule has 0 spiro atoms. The fourth-order valence-corrected chi connectivity index (χ4v) is 5.43. The van der Waals surface area contributed by atoms with Crippen LogP contribution in [-0.2, 0) is 17.8 Å². The van der Waals surface area contributed by atoms with E-state index in [2.05, 4.69) is 10.3 Å². The zero-order valence-electron chi connectivity index (χ0n) is 19.4. The van der Waals surface area contributed by atoms with E-state index in [1.807, 2.05) is 12.1 Å². The summed E-state index contributed by atoms with van der Waals surface area (Å²) in [6, 6.07) is 5.59. The topological polar surface area (TPSA) is 87.5 Å². The van der Waals surface area contributed by atoms with Crippen LogP contribution in [0.1, 0.15) is 36.2 Å². The molecule has 1 saturated heterocycles. The van der Waals surface area contributed by atoms with Crippen LogP contribution in [0.4, 0.5) is 13.2 Å². The van der Waals surface area contributed by atoms with E-state index < -0.39 is 43.1 Å². The fourth-order valence-electron chi connectivity index (χ4n) is 5.43. The van der Waals surface area contributed by atoms with Crippen LogP contribution in [0.5, 0.6) is 0 Å². The smallest absolute Gasteiger partial charge is 0.390 e. The van der Waals surface area contributed by atoms with Gasteiger partial charge in [0.15, 0.2) is 0 Å². The second-order valence-corrected chi connectivity index (χ2v) is 9.03. The number of nitrogens with one attached hydrogen (secondary N) is 1. The van der Waals surface area contributed by atoms with Gasteiger partial charge < -0.3 is 15.0 Å². The van der Waals surface area contributed by atoms with Crippen LogP contribution in [0.2, 0.25) is 0 Å². The number of amides is 1. The minimum Gasteiger partial charge on any atom is -0.396 e. The molecule has 2 N–H and O–H groups in total. The lowest BCUT2D eigenvalue weighted by Gasteiger charge is -2.31. The number of carbonyl (C=O) groups excluding carboxylic acids is 1. The van der Waals surface area contributed by atoms with Gasteiger partial charge in [0.25, 0.3) is 5.56 Å².